The van der Waals surface area contributed by atoms with E-state index >= 15 is 0 Å². The van der Waals surface area contributed by atoms with Gasteiger partial charge in [-0.3, -0.25) is 4.72 Å². The van der Waals surface area contributed by atoms with Crippen molar-refractivity contribution >= 4 is 15.7 Å². The van der Waals surface area contributed by atoms with E-state index in [-0.39, 0.29) is 16.1 Å². The summed E-state index contributed by atoms with van der Waals surface area (Å²) >= 11 is 0. The molecule has 7 heteroatoms. The molecule has 0 fully saturated rings. The second-order valence-electron chi connectivity index (χ2n) is 4.10. The molecule has 0 unspecified atom stereocenters. The van der Waals surface area contributed by atoms with Crippen molar-refractivity contribution in [1.82, 2.24) is 0 Å². The molecule has 0 saturated heterocycles. The zero-order valence-corrected chi connectivity index (χ0v) is 11.9. The fourth-order valence-electron chi connectivity index (χ4n) is 1.71. The molecule has 0 aromatic heterocycles. The highest BCUT2D eigenvalue weighted by Gasteiger charge is 2.20. The smallest absolute Gasteiger partial charge is 0.265 e. The lowest BCUT2D eigenvalue weighted by Crippen LogP contribution is -2.14. The van der Waals surface area contributed by atoms with Gasteiger partial charge in [-0.15, -0.1) is 0 Å². The van der Waals surface area contributed by atoms with Gasteiger partial charge in [0.1, 0.15) is 22.5 Å². The minimum atomic E-state index is -4.04. The number of hydrogen-bond donors (Lipinski definition) is 2. The van der Waals surface area contributed by atoms with Gasteiger partial charge in [-0.2, -0.15) is 5.26 Å². The molecule has 2 aromatic rings. The Morgan fingerprint density at radius 1 is 1.24 bits per heavy atom. The second kappa shape index (κ2) is 5.73. The standard InChI is InChI=1S/C14H12N2O4S/c1-20-11-6-7-13(17)14(8-11)21(18,19)16-12-5-3-2-4-10(12)9-15/h2-8,16-17H,1H3. The van der Waals surface area contributed by atoms with Crippen LogP contribution in [-0.2, 0) is 10.0 Å². The number of aromatic hydroxyl groups is 1. The van der Waals surface area contributed by atoms with E-state index in [1.807, 2.05) is 6.07 Å². The van der Waals surface area contributed by atoms with Crippen molar-refractivity contribution in [2.45, 2.75) is 4.90 Å². The van der Waals surface area contributed by atoms with Crippen molar-refractivity contribution < 1.29 is 18.3 Å². The van der Waals surface area contributed by atoms with Gasteiger partial charge in [-0.1, -0.05) is 12.1 Å². The van der Waals surface area contributed by atoms with Gasteiger partial charge in [-0.05, 0) is 24.3 Å². The largest absolute Gasteiger partial charge is 0.507 e. The van der Waals surface area contributed by atoms with E-state index < -0.39 is 15.8 Å². The maximum atomic E-state index is 12.3. The summed E-state index contributed by atoms with van der Waals surface area (Å²) in [5.74, 6) is -0.112. The summed E-state index contributed by atoms with van der Waals surface area (Å²) in [4.78, 5) is -0.324. The van der Waals surface area contributed by atoms with Gasteiger partial charge >= 0.3 is 0 Å². The summed E-state index contributed by atoms with van der Waals surface area (Å²) in [5, 5.41) is 18.7. The van der Waals surface area contributed by atoms with Crippen molar-refractivity contribution in [3.63, 3.8) is 0 Å². The number of sulfonamides is 1. The van der Waals surface area contributed by atoms with Crippen LogP contribution in [0.25, 0.3) is 0 Å². The quantitative estimate of drug-likeness (QED) is 0.900. The highest BCUT2D eigenvalue weighted by atomic mass is 32.2. The first-order valence-corrected chi connectivity index (χ1v) is 7.35. The molecular weight excluding hydrogens is 292 g/mol. The van der Waals surface area contributed by atoms with Gasteiger partial charge < -0.3 is 9.84 Å². The Hall–Kier alpha value is -2.72. The fraction of sp³-hybridized carbons (Fsp3) is 0.0714. The molecule has 0 aliphatic heterocycles. The van der Waals surface area contributed by atoms with Crippen LogP contribution in [-0.4, -0.2) is 20.6 Å². The first-order valence-electron chi connectivity index (χ1n) is 5.87. The third-order valence-electron chi connectivity index (χ3n) is 2.75. The van der Waals surface area contributed by atoms with Crippen LogP contribution in [0, 0.1) is 11.3 Å². The topological polar surface area (TPSA) is 99.4 Å². The number of benzene rings is 2. The number of hydrogen-bond acceptors (Lipinski definition) is 5. The van der Waals surface area contributed by atoms with Gasteiger partial charge in [0.2, 0.25) is 0 Å². The highest BCUT2D eigenvalue weighted by molar-refractivity contribution is 7.92. The van der Waals surface area contributed by atoms with Crippen LogP contribution in [0.15, 0.2) is 47.4 Å². The molecule has 21 heavy (non-hydrogen) atoms. The highest BCUT2D eigenvalue weighted by Crippen LogP contribution is 2.29. The number of nitrogens with one attached hydrogen (secondary N) is 1. The normalized spacial score (nSPS) is 10.7. The van der Waals surface area contributed by atoms with E-state index in [0.717, 1.165) is 0 Å². The molecule has 108 valence electrons. The summed E-state index contributed by atoms with van der Waals surface area (Å²) in [7, 11) is -2.65. The number of rotatable bonds is 4. The van der Waals surface area contributed by atoms with Crippen LogP contribution < -0.4 is 9.46 Å². The van der Waals surface area contributed by atoms with E-state index in [9.17, 15) is 13.5 Å². The Balaban J connectivity index is 2.46. The predicted octanol–water partition coefficient (Wildman–Crippen LogP) is 2.07. The lowest BCUT2D eigenvalue weighted by Gasteiger charge is -2.11. The summed E-state index contributed by atoms with van der Waals surface area (Å²) in [6, 6.07) is 11.9. The maximum absolute atomic E-state index is 12.3. The van der Waals surface area contributed by atoms with Crippen LogP contribution in [0.2, 0.25) is 0 Å². The van der Waals surface area contributed by atoms with E-state index in [4.69, 9.17) is 10.00 Å². The number of methoxy groups -OCH3 is 1. The fourth-order valence-corrected chi connectivity index (χ4v) is 2.90. The first kappa shape index (κ1) is 14.7. The number of nitriles is 1. The summed E-state index contributed by atoms with van der Waals surface area (Å²) in [6.07, 6.45) is 0. The molecule has 6 nitrogen and oxygen atoms in total. The second-order valence-corrected chi connectivity index (χ2v) is 5.75. The molecule has 0 bridgehead atoms. The van der Waals surface area contributed by atoms with Crippen LogP contribution in [0.4, 0.5) is 5.69 Å². The lowest BCUT2D eigenvalue weighted by atomic mass is 10.2. The third-order valence-corrected chi connectivity index (χ3v) is 4.14. The molecule has 0 aliphatic rings. The van der Waals surface area contributed by atoms with Crippen molar-refractivity contribution in [2.75, 3.05) is 11.8 Å². The van der Waals surface area contributed by atoms with Crippen molar-refractivity contribution in [3.05, 3.63) is 48.0 Å². The molecule has 0 aliphatic carbocycles. The average molecular weight is 304 g/mol. The number of anilines is 1. The molecular formula is C14H12N2O4S. The minimum Gasteiger partial charge on any atom is -0.507 e. The van der Waals surface area contributed by atoms with E-state index in [2.05, 4.69) is 4.72 Å². The summed E-state index contributed by atoms with van der Waals surface area (Å²) in [6.45, 7) is 0. The minimum absolute atomic E-state index is 0.141. The van der Waals surface area contributed by atoms with E-state index in [1.54, 1.807) is 12.1 Å². The average Bonchev–Trinajstić information content (AvgIpc) is 2.47. The van der Waals surface area contributed by atoms with Gasteiger partial charge in [0, 0.05) is 6.07 Å². The molecule has 0 atom stereocenters. The zero-order valence-electron chi connectivity index (χ0n) is 11.1. The Labute approximate surface area is 122 Å². The Morgan fingerprint density at radius 3 is 2.62 bits per heavy atom. The number of phenols is 1. The van der Waals surface area contributed by atoms with Crippen molar-refractivity contribution in [1.29, 1.82) is 5.26 Å². The number of nitrogens with zero attached hydrogens (tertiary/aromatic N) is 1. The van der Waals surface area contributed by atoms with Crippen LogP contribution in [0.5, 0.6) is 11.5 Å². The van der Waals surface area contributed by atoms with Crippen LogP contribution >= 0.6 is 0 Å². The number of ether oxygens (including phenoxy) is 1. The molecule has 0 radical (unpaired) electrons. The first-order chi connectivity index (χ1) is 9.97. The molecule has 0 heterocycles. The Morgan fingerprint density at radius 2 is 1.95 bits per heavy atom. The lowest BCUT2D eigenvalue weighted by molar-refractivity contribution is 0.408. The van der Waals surface area contributed by atoms with Gasteiger partial charge in [-0.25, -0.2) is 8.42 Å². The third kappa shape index (κ3) is 3.07. The zero-order chi connectivity index (χ0) is 15.5. The number of phenolic OH excluding ortho intramolecular Hbond substituents is 1. The molecule has 2 aromatic carbocycles. The molecule has 0 spiro atoms. The summed E-state index contributed by atoms with van der Waals surface area (Å²) in [5.41, 5.74) is 0.325. The molecule has 2 N–H and O–H groups in total. The van der Waals surface area contributed by atoms with Gasteiger partial charge in [0.05, 0.1) is 18.4 Å². The van der Waals surface area contributed by atoms with E-state index in [0.29, 0.717) is 5.75 Å². The SMILES string of the molecule is COc1ccc(O)c(S(=O)(=O)Nc2ccccc2C#N)c1. The maximum Gasteiger partial charge on any atom is 0.265 e. The summed E-state index contributed by atoms with van der Waals surface area (Å²) < 4.78 is 31.9. The molecule has 0 saturated carbocycles. The molecule has 0 amide bonds. The predicted molar refractivity (Wildman–Crippen MR) is 76.6 cm³/mol. The Bertz CT molecular complexity index is 810. The van der Waals surface area contributed by atoms with Crippen LogP contribution in [0.1, 0.15) is 5.56 Å². The van der Waals surface area contributed by atoms with Gasteiger partial charge in [0.25, 0.3) is 10.0 Å². The Kier molecular flexibility index (Phi) is 4.00. The van der Waals surface area contributed by atoms with Crippen molar-refractivity contribution in [2.24, 2.45) is 0 Å². The van der Waals surface area contributed by atoms with Crippen molar-refractivity contribution in [3.8, 4) is 17.6 Å². The van der Waals surface area contributed by atoms with Crippen LogP contribution in [0.3, 0.4) is 0 Å². The van der Waals surface area contributed by atoms with E-state index in [1.165, 1.54) is 37.4 Å². The number of para-hydroxylation sites is 1. The molecule has 2 rings (SSSR count). The van der Waals surface area contributed by atoms with Gasteiger partial charge in [0.15, 0.2) is 0 Å². The monoisotopic (exact) mass is 304 g/mol.